The highest BCUT2D eigenvalue weighted by atomic mass is 16.5. The summed E-state index contributed by atoms with van der Waals surface area (Å²) in [6.45, 7) is 3.57. The van der Waals surface area contributed by atoms with Crippen LogP contribution < -0.4 is 10.1 Å². The third kappa shape index (κ3) is 3.81. The third-order valence-corrected chi connectivity index (χ3v) is 3.36. The predicted molar refractivity (Wildman–Crippen MR) is 83.1 cm³/mol. The molecule has 2 rings (SSSR count). The Hall–Kier alpha value is -2.36. The summed E-state index contributed by atoms with van der Waals surface area (Å²) in [7, 11) is 1.65. The minimum absolute atomic E-state index is 0.0138. The number of nitrogens with zero attached hydrogens (tertiary/aromatic N) is 1. The molecule has 4 nitrogen and oxygen atoms in total. The van der Waals surface area contributed by atoms with Crippen LogP contribution in [0, 0.1) is 0 Å². The summed E-state index contributed by atoms with van der Waals surface area (Å²) in [6, 6.07) is 11.8. The smallest absolute Gasteiger partial charge is 0.217 e. The predicted octanol–water partition coefficient (Wildman–Crippen LogP) is 3.34. The van der Waals surface area contributed by atoms with Crippen LogP contribution in [0.15, 0.2) is 42.6 Å². The van der Waals surface area contributed by atoms with E-state index in [9.17, 15) is 4.79 Å². The Morgan fingerprint density at radius 3 is 2.43 bits per heavy atom. The minimum atomic E-state index is -0.0268. The molecule has 0 aliphatic carbocycles. The van der Waals surface area contributed by atoms with Crippen molar-refractivity contribution >= 4 is 5.91 Å². The monoisotopic (exact) mass is 284 g/mol. The number of nitrogens with one attached hydrogen (secondary N) is 1. The minimum Gasteiger partial charge on any atom is -0.497 e. The van der Waals surface area contributed by atoms with Crippen LogP contribution >= 0.6 is 0 Å². The Labute approximate surface area is 125 Å². The van der Waals surface area contributed by atoms with Gasteiger partial charge in [-0.05, 0) is 42.3 Å². The lowest BCUT2D eigenvalue weighted by Crippen LogP contribution is -2.25. The topological polar surface area (TPSA) is 51.2 Å². The molecule has 0 aliphatic heterocycles. The second-order valence-corrected chi connectivity index (χ2v) is 4.87. The zero-order valence-electron chi connectivity index (χ0n) is 12.6. The molecule has 0 saturated heterocycles. The summed E-state index contributed by atoms with van der Waals surface area (Å²) < 4.78 is 5.15. The molecule has 0 spiro atoms. The molecule has 2 aromatic rings. The Morgan fingerprint density at radius 1 is 1.24 bits per heavy atom. The molecular formula is C17H20N2O2. The van der Waals surface area contributed by atoms with Crippen molar-refractivity contribution in [2.75, 3.05) is 7.11 Å². The van der Waals surface area contributed by atoms with Crippen molar-refractivity contribution in [2.45, 2.75) is 26.3 Å². The first-order valence-corrected chi connectivity index (χ1v) is 7.01. The summed E-state index contributed by atoms with van der Waals surface area (Å²) in [5.74, 6) is 0.799. The molecule has 4 heteroatoms. The van der Waals surface area contributed by atoms with Crippen molar-refractivity contribution in [1.82, 2.24) is 10.3 Å². The number of methoxy groups -OCH3 is 1. The fourth-order valence-electron chi connectivity index (χ4n) is 2.21. The first kappa shape index (κ1) is 15.0. The number of aromatic nitrogens is 1. The Bertz CT molecular complexity index is 591. The fourth-order valence-corrected chi connectivity index (χ4v) is 2.21. The lowest BCUT2D eigenvalue weighted by atomic mass is 10.0. The molecule has 1 N–H and O–H groups in total. The number of rotatable bonds is 5. The van der Waals surface area contributed by atoms with Crippen LogP contribution in [-0.4, -0.2) is 18.0 Å². The van der Waals surface area contributed by atoms with E-state index >= 15 is 0 Å². The normalized spacial score (nSPS) is 11.8. The molecular weight excluding hydrogens is 264 g/mol. The zero-order valence-corrected chi connectivity index (χ0v) is 12.6. The van der Waals surface area contributed by atoms with Crippen LogP contribution in [0.3, 0.4) is 0 Å². The molecule has 1 heterocycles. The summed E-state index contributed by atoms with van der Waals surface area (Å²) >= 11 is 0. The van der Waals surface area contributed by atoms with E-state index in [1.165, 1.54) is 6.92 Å². The highest BCUT2D eigenvalue weighted by molar-refractivity contribution is 5.73. The number of carbonyl (C=O) groups is 1. The van der Waals surface area contributed by atoms with E-state index in [-0.39, 0.29) is 11.9 Å². The molecule has 21 heavy (non-hydrogen) atoms. The molecule has 1 aromatic carbocycles. The number of hydrogen-bond acceptors (Lipinski definition) is 3. The number of amides is 1. The molecule has 1 unspecified atom stereocenters. The first-order valence-electron chi connectivity index (χ1n) is 7.01. The van der Waals surface area contributed by atoms with Gasteiger partial charge in [-0.3, -0.25) is 9.78 Å². The molecule has 1 aromatic heterocycles. The quantitative estimate of drug-likeness (QED) is 0.916. The summed E-state index contributed by atoms with van der Waals surface area (Å²) in [5, 5.41) is 2.92. The number of carbonyl (C=O) groups excluding carboxylic acids is 1. The second kappa shape index (κ2) is 6.88. The Balaban J connectivity index is 2.18. The van der Waals surface area contributed by atoms with Crippen LogP contribution in [0.4, 0.5) is 0 Å². The largest absolute Gasteiger partial charge is 0.497 e. The average Bonchev–Trinajstić information content (AvgIpc) is 2.53. The molecule has 0 fully saturated rings. The van der Waals surface area contributed by atoms with E-state index in [4.69, 9.17) is 4.74 Å². The van der Waals surface area contributed by atoms with Gasteiger partial charge in [0.25, 0.3) is 0 Å². The van der Waals surface area contributed by atoms with Crippen LogP contribution in [0.25, 0.3) is 11.3 Å². The van der Waals surface area contributed by atoms with Gasteiger partial charge in [-0.15, -0.1) is 0 Å². The van der Waals surface area contributed by atoms with Gasteiger partial charge in [0.05, 0.1) is 18.8 Å². The maximum atomic E-state index is 11.2. The van der Waals surface area contributed by atoms with Crippen molar-refractivity contribution in [3.63, 3.8) is 0 Å². The van der Waals surface area contributed by atoms with Gasteiger partial charge in [0.2, 0.25) is 5.91 Å². The molecule has 110 valence electrons. The van der Waals surface area contributed by atoms with E-state index in [1.54, 1.807) is 7.11 Å². The van der Waals surface area contributed by atoms with Crippen molar-refractivity contribution in [3.8, 4) is 17.0 Å². The van der Waals surface area contributed by atoms with E-state index in [2.05, 4.69) is 10.3 Å². The lowest BCUT2D eigenvalue weighted by Gasteiger charge is -2.16. The van der Waals surface area contributed by atoms with Gasteiger partial charge >= 0.3 is 0 Å². The molecule has 0 bridgehead atoms. The molecule has 1 atom stereocenters. The van der Waals surface area contributed by atoms with Gasteiger partial charge in [0.1, 0.15) is 5.75 Å². The number of hydrogen-bond donors (Lipinski definition) is 1. The lowest BCUT2D eigenvalue weighted by molar-refractivity contribution is -0.119. The summed E-state index contributed by atoms with van der Waals surface area (Å²) in [4.78, 5) is 15.7. The van der Waals surface area contributed by atoms with Crippen LogP contribution in [0.2, 0.25) is 0 Å². The first-order chi connectivity index (χ1) is 10.1. The van der Waals surface area contributed by atoms with Crippen molar-refractivity contribution < 1.29 is 9.53 Å². The SMILES string of the molecule is CCC(NC(C)=O)c1ccc(-c2ccc(OC)cc2)nc1. The third-order valence-electron chi connectivity index (χ3n) is 3.36. The fraction of sp³-hybridized carbons (Fsp3) is 0.294. The van der Waals surface area contributed by atoms with Gasteiger partial charge in [-0.25, -0.2) is 0 Å². The van der Waals surface area contributed by atoms with Gasteiger partial charge in [0.15, 0.2) is 0 Å². The van der Waals surface area contributed by atoms with Crippen molar-refractivity contribution in [2.24, 2.45) is 0 Å². The van der Waals surface area contributed by atoms with E-state index in [0.717, 1.165) is 29.0 Å². The standard InChI is InChI=1S/C17H20N2O2/c1-4-16(19-12(2)20)14-7-10-17(18-11-14)13-5-8-15(21-3)9-6-13/h5-11,16H,4H2,1-3H3,(H,19,20). The number of benzene rings is 1. The van der Waals surface area contributed by atoms with E-state index in [1.807, 2.05) is 49.5 Å². The van der Waals surface area contributed by atoms with Gasteiger partial charge < -0.3 is 10.1 Å². The highest BCUT2D eigenvalue weighted by Crippen LogP contribution is 2.22. The summed E-state index contributed by atoms with van der Waals surface area (Å²) in [5.41, 5.74) is 2.96. The zero-order chi connectivity index (χ0) is 15.2. The molecule has 1 amide bonds. The van der Waals surface area contributed by atoms with Crippen LogP contribution in [0.5, 0.6) is 5.75 Å². The maximum absolute atomic E-state index is 11.2. The second-order valence-electron chi connectivity index (χ2n) is 4.87. The van der Waals surface area contributed by atoms with Crippen molar-refractivity contribution in [1.29, 1.82) is 0 Å². The Kier molecular flexibility index (Phi) is 4.93. The van der Waals surface area contributed by atoms with Gasteiger partial charge in [-0.2, -0.15) is 0 Å². The summed E-state index contributed by atoms with van der Waals surface area (Å²) in [6.07, 6.45) is 2.66. The van der Waals surface area contributed by atoms with Crippen LogP contribution in [-0.2, 0) is 4.79 Å². The number of ether oxygens (including phenoxy) is 1. The van der Waals surface area contributed by atoms with E-state index < -0.39 is 0 Å². The highest BCUT2D eigenvalue weighted by Gasteiger charge is 2.11. The van der Waals surface area contributed by atoms with E-state index in [0.29, 0.717) is 0 Å². The van der Waals surface area contributed by atoms with Gasteiger partial charge in [-0.1, -0.05) is 13.0 Å². The average molecular weight is 284 g/mol. The molecule has 0 radical (unpaired) electrons. The Morgan fingerprint density at radius 2 is 1.95 bits per heavy atom. The molecule has 0 saturated carbocycles. The van der Waals surface area contributed by atoms with Crippen molar-refractivity contribution in [3.05, 3.63) is 48.2 Å². The number of pyridine rings is 1. The maximum Gasteiger partial charge on any atom is 0.217 e. The van der Waals surface area contributed by atoms with Gasteiger partial charge in [0, 0.05) is 18.7 Å². The van der Waals surface area contributed by atoms with Crippen LogP contribution in [0.1, 0.15) is 31.9 Å². The molecule has 0 aliphatic rings.